The highest BCUT2D eigenvalue weighted by Gasteiger charge is 2.30. The van der Waals surface area contributed by atoms with Crippen LogP contribution in [-0.4, -0.2) is 43.3 Å². The van der Waals surface area contributed by atoms with Crippen molar-refractivity contribution in [3.8, 4) is 0 Å². The number of ether oxygens (including phenoxy) is 1. The quantitative estimate of drug-likeness (QED) is 0.528. The van der Waals surface area contributed by atoms with Gasteiger partial charge in [0.25, 0.3) is 0 Å². The Balaban J connectivity index is 2.05. The van der Waals surface area contributed by atoms with Gasteiger partial charge in [0.05, 0.1) is 12.6 Å². The van der Waals surface area contributed by atoms with E-state index in [1.165, 1.54) is 0 Å². The molecule has 11 heavy (non-hydrogen) atoms. The molecule has 0 aromatic heterocycles. The molecule has 0 aromatic rings. The van der Waals surface area contributed by atoms with E-state index in [4.69, 9.17) is 4.74 Å². The van der Waals surface area contributed by atoms with Crippen LogP contribution in [0.4, 0.5) is 4.79 Å². The summed E-state index contributed by atoms with van der Waals surface area (Å²) >= 11 is 0. The number of nitrogens with one attached hydrogen (secondary N) is 1. The molecular weight excluding hydrogens is 144 g/mol. The zero-order chi connectivity index (χ0) is 7.68. The molecule has 0 aliphatic carbocycles. The predicted octanol–water partition coefficient (Wildman–Crippen LogP) is -0.200. The topological polar surface area (TPSA) is 41.6 Å². The second kappa shape index (κ2) is 2.70. The molecule has 0 aromatic carbocycles. The SMILES string of the molecule is O=C1OCC[C@@H]2CNCCN12. The molecule has 62 valence electrons. The minimum absolute atomic E-state index is 0.136. The van der Waals surface area contributed by atoms with Gasteiger partial charge in [-0.25, -0.2) is 4.79 Å². The van der Waals surface area contributed by atoms with E-state index >= 15 is 0 Å². The first-order valence-corrected chi connectivity index (χ1v) is 4.02. The third kappa shape index (κ3) is 1.18. The number of fused-ring (bicyclic) bond motifs is 1. The van der Waals surface area contributed by atoms with Gasteiger partial charge in [0.2, 0.25) is 0 Å². The summed E-state index contributed by atoms with van der Waals surface area (Å²) in [7, 11) is 0. The van der Waals surface area contributed by atoms with Crippen molar-refractivity contribution in [1.82, 2.24) is 10.2 Å². The van der Waals surface area contributed by atoms with Crippen LogP contribution >= 0.6 is 0 Å². The second-order valence-electron chi connectivity index (χ2n) is 2.95. The van der Waals surface area contributed by atoms with Crippen molar-refractivity contribution < 1.29 is 9.53 Å². The highest BCUT2D eigenvalue weighted by atomic mass is 16.6. The van der Waals surface area contributed by atoms with E-state index in [9.17, 15) is 4.79 Å². The molecule has 0 bridgehead atoms. The largest absolute Gasteiger partial charge is 0.449 e. The van der Waals surface area contributed by atoms with Crippen LogP contribution in [0.3, 0.4) is 0 Å². The van der Waals surface area contributed by atoms with Gasteiger partial charge in [0, 0.05) is 26.1 Å². The molecule has 2 fully saturated rings. The maximum absolute atomic E-state index is 11.1. The van der Waals surface area contributed by atoms with Gasteiger partial charge in [-0.3, -0.25) is 0 Å². The Hall–Kier alpha value is -0.770. The molecule has 4 nitrogen and oxygen atoms in total. The monoisotopic (exact) mass is 156 g/mol. The Morgan fingerprint density at radius 1 is 1.64 bits per heavy atom. The number of hydrogen-bond donors (Lipinski definition) is 1. The molecule has 2 rings (SSSR count). The minimum atomic E-state index is -0.136. The second-order valence-corrected chi connectivity index (χ2v) is 2.95. The number of nitrogens with zero attached hydrogens (tertiary/aromatic N) is 1. The summed E-state index contributed by atoms with van der Waals surface area (Å²) in [4.78, 5) is 12.9. The Morgan fingerprint density at radius 2 is 2.55 bits per heavy atom. The average Bonchev–Trinajstić information content (AvgIpc) is 2.06. The summed E-state index contributed by atoms with van der Waals surface area (Å²) < 4.78 is 4.91. The normalized spacial score (nSPS) is 31.1. The number of rotatable bonds is 0. The van der Waals surface area contributed by atoms with Crippen molar-refractivity contribution in [2.75, 3.05) is 26.2 Å². The lowest BCUT2D eigenvalue weighted by molar-refractivity contribution is 0.0353. The first-order valence-electron chi connectivity index (χ1n) is 4.02. The number of carbonyl (C=O) groups excluding carboxylic acids is 1. The molecule has 1 amide bonds. The Labute approximate surface area is 65.5 Å². The number of carbonyl (C=O) groups is 1. The maximum Gasteiger partial charge on any atom is 0.410 e. The van der Waals surface area contributed by atoms with Gasteiger partial charge >= 0.3 is 6.09 Å². The number of piperazine rings is 1. The van der Waals surface area contributed by atoms with Gasteiger partial charge in [-0.2, -0.15) is 0 Å². The predicted molar refractivity (Wildman–Crippen MR) is 39.3 cm³/mol. The zero-order valence-corrected chi connectivity index (χ0v) is 6.38. The van der Waals surface area contributed by atoms with Crippen molar-refractivity contribution in [1.29, 1.82) is 0 Å². The Bertz CT molecular complexity index is 170. The van der Waals surface area contributed by atoms with Gasteiger partial charge in [0.15, 0.2) is 0 Å². The van der Waals surface area contributed by atoms with Crippen molar-refractivity contribution in [3.63, 3.8) is 0 Å². The van der Waals surface area contributed by atoms with E-state index in [1.54, 1.807) is 0 Å². The van der Waals surface area contributed by atoms with E-state index in [0.717, 1.165) is 26.1 Å². The Morgan fingerprint density at radius 3 is 3.36 bits per heavy atom. The van der Waals surface area contributed by atoms with E-state index < -0.39 is 0 Å². The van der Waals surface area contributed by atoms with E-state index in [-0.39, 0.29) is 6.09 Å². The molecule has 2 saturated heterocycles. The standard InChI is InChI=1S/C7H12N2O2/c10-7-9-3-2-8-5-6(9)1-4-11-7/h6,8H,1-5H2/t6-/m1/s1. The van der Waals surface area contributed by atoms with Crippen molar-refractivity contribution >= 4 is 6.09 Å². The molecule has 2 heterocycles. The van der Waals surface area contributed by atoms with Gasteiger partial charge in [-0.15, -0.1) is 0 Å². The molecule has 1 atom stereocenters. The van der Waals surface area contributed by atoms with Crippen molar-refractivity contribution in [3.05, 3.63) is 0 Å². The smallest absolute Gasteiger partial charge is 0.410 e. The fourth-order valence-corrected chi connectivity index (χ4v) is 1.62. The van der Waals surface area contributed by atoms with Gasteiger partial charge < -0.3 is 15.0 Å². The summed E-state index contributed by atoms with van der Waals surface area (Å²) in [5.74, 6) is 0. The van der Waals surface area contributed by atoms with Crippen molar-refractivity contribution in [2.24, 2.45) is 0 Å². The molecular formula is C7H12N2O2. The van der Waals surface area contributed by atoms with Gasteiger partial charge in [-0.05, 0) is 0 Å². The fraction of sp³-hybridized carbons (Fsp3) is 0.857. The molecule has 0 radical (unpaired) electrons. The zero-order valence-electron chi connectivity index (χ0n) is 6.38. The Kier molecular flexibility index (Phi) is 1.69. The van der Waals surface area contributed by atoms with Gasteiger partial charge in [-0.1, -0.05) is 0 Å². The van der Waals surface area contributed by atoms with Gasteiger partial charge in [0.1, 0.15) is 0 Å². The average molecular weight is 156 g/mol. The maximum atomic E-state index is 11.1. The number of hydrogen-bond acceptors (Lipinski definition) is 3. The summed E-state index contributed by atoms with van der Waals surface area (Å²) in [6.07, 6.45) is 0.835. The molecule has 1 N–H and O–H groups in total. The van der Waals surface area contributed by atoms with Crippen LogP contribution in [-0.2, 0) is 4.74 Å². The summed E-state index contributed by atoms with van der Waals surface area (Å²) in [5, 5.41) is 3.26. The first kappa shape index (κ1) is 6.91. The van der Waals surface area contributed by atoms with Crippen LogP contribution < -0.4 is 5.32 Å². The van der Waals surface area contributed by atoms with E-state index in [2.05, 4.69) is 5.32 Å². The lowest BCUT2D eigenvalue weighted by Crippen LogP contribution is -2.56. The molecule has 0 unspecified atom stereocenters. The molecule has 0 saturated carbocycles. The van der Waals surface area contributed by atoms with Crippen LogP contribution in [0.25, 0.3) is 0 Å². The van der Waals surface area contributed by atoms with E-state index in [1.807, 2.05) is 4.90 Å². The summed E-state index contributed by atoms with van der Waals surface area (Å²) in [6, 6.07) is 0.380. The fourth-order valence-electron chi connectivity index (χ4n) is 1.62. The summed E-state index contributed by atoms with van der Waals surface area (Å²) in [6.45, 7) is 3.20. The van der Waals surface area contributed by atoms with Crippen LogP contribution in [0.2, 0.25) is 0 Å². The third-order valence-electron chi connectivity index (χ3n) is 2.26. The minimum Gasteiger partial charge on any atom is -0.449 e. The van der Waals surface area contributed by atoms with Crippen molar-refractivity contribution in [2.45, 2.75) is 12.5 Å². The lowest BCUT2D eigenvalue weighted by Gasteiger charge is -2.38. The third-order valence-corrected chi connectivity index (χ3v) is 2.26. The highest BCUT2D eigenvalue weighted by Crippen LogP contribution is 2.14. The van der Waals surface area contributed by atoms with Crippen LogP contribution in [0.5, 0.6) is 0 Å². The number of amides is 1. The van der Waals surface area contributed by atoms with Crippen LogP contribution in [0.1, 0.15) is 6.42 Å². The van der Waals surface area contributed by atoms with Crippen LogP contribution in [0.15, 0.2) is 0 Å². The highest BCUT2D eigenvalue weighted by molar-refractivity contribution is 5.68. The van der Waals surface area contributed by atoms with Crippen LogP contribution in [0, 0.1) is 0 Å². The molecule has 2 aliphatic rings. The number of cyclic esters (lactones) is 1. The van der Waals surface area contributed by atoms with E-state index in [0.29, 0.717) is 12.6 Å². The first-order chi connectivity index (χ1) is 5.38. The molecule has 2 aliphatic heterocycles. The summed E-state index contributed by atoms with van der Waals surface area (Å²) in [5.41, 5.74) is 0. The molecule has 4 heteroatoms. The molecule has 0 spiro atoms. The lowest BCUT2D eigenvalue weighted by atomic mass is 10.1.